The van der Waals surface area contributed by atoms with Gasteiger partial charge in [-0.3, -0.25) is 10.1 Å². The van der Waals surface area contributed by atoms with Crippen molar-refractivity contribution in [3.05, 3.63) is 46.1 Å². The first-order valence-corrected chi connectivity index (χ1v) is 2.89. The second kappa shape index (κ2) is 2.87. The third-order valence-electron chi connectivity index (χ3n) is 1.12. The topological polar surface area (TPSA) is 75.4 Å². The molecule has 1 rings (SSSR count). The zero-order valence-electron chi connectivity index (χ0n) is 5.52. The lowest BCUT2D eigenvalue weighted by Crippen LogP contribution is -2.12. The van der Waals surface area contributed by atoms with Gasteiger partial charge in [-0.1, -0.05) is 6.08 Å². The first-order valence-electron chi connectivity index (χ1n) is 2.89. The second-order valence-corrected chi connectivity index (χ2v) is 1.86. The number of hydrogen-bond donors (Lipinski definition) is 2. The van der Waals surface area contributed by atoms with Crippen molar-refractivity contribution < 1.29 is 10.0 Å². The van der Waals surface area contributed by atoms with Crippen LogP contribution >= 0.6 is 0 Å². The average Bonchev–Trinajstić information content (AvgIpc) is 2.05. The van der Waals surface area contributed by atoms with Crippen LogP contribution in [-0.2, 0) is 0 Å². The zero-order chi connectivity index (χ0) is 8.27. The molecule has 0 atom stereocenters. The minimum Gasteiger partial charge on any atom is -0.454 e. The molecule has 0 saturated heterocycles. The van der Waals surface area contributed by atoms with Crippen molar-refractivity contribution >= 4 is 0 Å². The van der Waals surface area contributed by atoms with Crippen molar-refractivity contribution in [3.8, 4) is 0 Å². The van der Waals surface area contributed by atoms with Crippen LogP contribution in [0.15, 0.2) is 36.0 Å². The van der Waals surface area contributed by atoms with E-state index < -0.39 is 10.8 Å². The van der Waals surface area contributed by atoms with Gasteiger partial charge in [0.1, 0.15) is 4.92 Å². The molecule has 0 saturated carbocycles. The number of nitrogens with zero attached hydrogens (tertiary/aromatic N) is 1. The number of aliphatic hydroxyl groups is 1. The van der Waals surface area contributed by atoms with Crippen LogP contribution in [0.5, 0.6) is 0 Å². The summed E-state index contributed by atoms with van der Waals surface area (Å²) < 4.78 is 0. The molecule has 0 aromatic carbocycles. The highest BCUT2D eigenvalue weighted by Gasteiger charge is 2.13. The Kier molecular flexibility index (Phi) is 1.91. The number of dihydropyridines is 1. The Labute approximate surface area is 62.5 Å². The molecule has 0 fully saturated rings. The maximum Gasteiger partial charge on any atom is 0.449 e. The first-order chi connectivity index (χ1) is 5.22. The number of nitro groups is 1. The molecule has 1 aliphatic rings. The summed E-state index contributed by atoms with van der Waals surface area (Å²) >= 11 is 0. The van der Waals surface area contributed by atoms with Crippen LogP contribution in [0.25, 0.3) is 0 Å². The largest absolute Gasteiger partial charge is 0.454 e. The molecule has 0 aromatic heterocycles. The van der Waals surface area contributed by atoms with E-state index in [4.69, 9.17) is 5.11 Å². The van der Waals surface area contributed by atoms with E-state index in [9.17, 15) is 10.1 Å². The van der Waals surface area contributed by atoms with Gasteiger partial charge in [-0.25, -0.2) is 0 Å². The Morgan fingerprint density at radius 2 is 2.36 bits per heavy atom. The molecule has 0 spiro atoms. The summed E-state index contributed by atoms with van der Waals surface area (Å²) in [5.41, 5.74) is 0.0949. The number of rotatable bonds is 1. The van der Waals surface area contributed by atoms with Gasteiger partial charge in [0.2, 0.25) is 0 Å². The van der Waals surface area contributed by atoms with Gasteiger partial charge in [-0.15, -0.1) is 0 Å². The number of nitrogens with one attached hydrogen (secondary N) is 1. The summed E-state index contributed by atoms with van der Waals surface area (Å²) in [6.07, 6.45) is 6.16. The second-order valence-electron chi connectivity index (χ2n) is 1.86. The fraction of sp³-hybridized carbons (Fsp3) is 0. The Morgan fingerprint density at radius 3 is 2.82 bits per heavy atom. The molecular weight excluding hydrogens is 148 g/mol. The van der Waals surface area contributed by atoms with Crippen LogP contribution in [0, 0.1) is 10.1 Å². The Hall–Kier alpha value is -1.78. The fourth-order valence-electron chi connectivity index (χ4n) is 0.631. The summed E-state index contributed by atoms with van der Waals surface area (Å²) in [7, 11) is 0. The van der Waals surface area contributed by atoms with Gasteiger partial charge in [-0.2, -0.15) is 0 Å². The predicted octanol–water partition coefficient (Wildman–Crippen LogP) is 0.663. The van der Waals surface area contributed by atoms with E-state index in [-0.39, 0.29) is 5.70 Å². The SMILES string of the molecule is O=[N+]([O-])C(O)=C1C=CC=CN1. The standard InChI is InChI=1S/C6H6N2O3/c9-6(8(10)11)5-3-1-2-4-7-5/h1-4,7,9H. The lowest BCUT2D eigenvalue weighted by Gasteiger charge is -2.01. The van der Waals surface area contributed by atoms with E-state index in [0.717, 1.165) is 0 Å². The van der Waals surface area contributed by atoms with E-state index in [2.05, 4.69) is 5.32 Å². The summed E-state index contributed by atoms with van der Waals surface area (Å²) in [6.45, 7) is 0. The van der Waals surface area contributed by atoms with Gasteiger partial charge < -0.3 is 10.4 Å². The molecule has 5 heteroatoms. The molecule has 0 amide bonds. The average molecular weight is 154 g/mol. The maximum atomic E-state index is 10.00. The minimum absolute atomic E-state index is 0.0949. The number of allylic oxidation sites excluding steroid dienone is 3. The van der Waals surface area contributed by atoms with E-state index >= 15 is 0 Å². The van der Waals surface area contributed by atoms with E-state index in [1.807, 2.05) is 0 Å². The molecule has 1 aliphatic heterocycles. The molecule has 58 valence electrons. The minimum atomic E-state index is -0.870. The zero-order valence-corrected chi connectivity index (χ0v) is 5.52. The fourth-order valence-corrected chi connectivity index (χ4v) is 0.631. The third-order valence-corrected chi connectivity index (χ3v) is 1.12. The van der Waals surface area contributed by atoms with Gasteiger partial charge >= 0.3 is 5.88 Å². The highest BCUT2D eigenvalue weighted by atomic mass is 16.7. The van der Waals surface area contributed by atoms with Crippen molar-refractivity contribution in [2.45, 2.75) is 0 Å². The number of hydrogen-bond acceptors (Lipinski definition) is 4. The molecule has 1 heterocycles. The van der Waals surface area contributed by atoms with Crippen molar-refractivity contribution in [1.82, 2.24) is 5.32 Å². The predicted molar refractivity (Wildman–Crippen MR) is 38.1 cm³/mol. The molecule has 5 nitrogen and oxygen atoms in total. The van der Waals surface area contributed by atoms with Gasteiger partial charge in [0.05, 0.1) is 0 Å². The van der Waals surface area contributed by atoms with Gasteiger partial charge in [0.15, 0.2) is 5.70 Å². The molecule has 2 N–H and O–H groups in total. The molecule has 0 aromatic rings. The lowest BCUT2D eigenvalue weighted by molar-refractivity contribution is -0.460. The molecule has 0 radical (unpaired) electrons. The quantitative estimate of drug-likeness (QED) is 0.330. The van der Waals surface area contributed by atoms with Crippen molar-refractivity contribution in [2.75, 3.05) is 0 Å². The Balaban J connectivity index is 2.88. The van der Waals surface area contributed by atoms with Gasteiger partial charge in [0.25, 0.3) is 0 Å². The van der Waals surface area contributed by atoms with Gasteiger partial charge in [0, 0.05) is 6.20 Å². The summed E-state index contributed by atoms with van der Waals surface area (Å²) in [5.74, 6) is -0.870. The van der Waals surface area contributed by atoms with Crippen LogP contribution in [0.1, 0.15) is 0 Å². The lowest BCUT2D eigenvalue weighted by atomic mass is 10.3. The summed E-state index contributed by atoms with van der Waals surface area (Å²) in [6, 6.07) is 0. The number of aliphatic hydroxyl groups excluding tert-OH is 1. The Morgan fingerprint density at radius 1 is 1.64 bits per heavy atom. The van der Waals surface area contributed by atoms with E-state index in [1.165, 1.54) is 12.3 Å². The monoisotopic (exact) mass is 154 g/mol. The van der Waals surface area contributed by atoms with Crippen LogP contribution in [0.4, 0.5) is 0 Å². The smallest absolute Gasteiger partial charge is 0.449 e. The van der Waals surface area contributed by atoms with Crippen LogP contribution in [0.3, 0.4) is 0 Å². The molecule has 11 heavy (non-hydrogen) atoms. The van der Waals surface area contributed by atoms with E-state index in [1.54, 1.807) is 12.2 Å². The van der Waals surface area contributed by atoms with Crippen LogP contribution < -0.4 is 5.32 Å². The molecular formula is C6H6N2O3. The van der Waals surface area contributed by atoms with E-state index in [0.29, 0.717) is 0 Å². The molecule has 0 bridgehead atoms. The Bertz CT molecular complexity index is 265. The van der Waals surface area contributed by atoms with Crippen LogP contribution in [0.2, 0.25) is 0 Å². The van der Waals surface area contributed by atoms with Crippen molar-refractivity contribution in [2.24, 2.45) is 0 Å². The maximum absolute atomic E-state index is 10.00. The summed E-state index contributed by atoms with van der Waals surface area (Å²) in [4.78, 5) is 9.14. The molecule has 0 unspecified atom stereocenters. The highest BCUT2D eigenvalue weighted by molar-refractivity contribution is 5.26. The molecule has 0 aliphatic carbocycles. The van der Waals surface area contributed by atoms with Crippen molar-refractivity contribution in [1.29, 1.82) is 0 Å². The highest BCUT2D eigenvalue weighted by Crippen LogP contribution is 2.03. The van der Waals surface area contributed by atoms with Crippen molar-refractivity contribution in [3.63, 3.8) is 0 Å². The first kappa shape index (κ1) is 7.33. The van der Waals surface area contributed by atoms with Gasteiger partial charge in [-0.05, 0) is 12.2 Å². The van der Waals surface area contributed by atoms with Crippen LogP contribution in [-0.4, -0.2) is 10.0 Å². The third kappa shape index (κ3) is 1.57. The normalized spacial score (nSPS) is 19.3. The summed E-state index contributed by atoms with van der Waals surface area (Å²) in [5, 5.41) is 21.3.